The lowest BCUT2D eigenvalue weighted by molar-refractivity contribution is 0.354. The molecule has 24 heavy (non-hydrogen) atoms. The summed E-state index contributed by atoms with van der Waals surface area (Å²) in [5.74, 6) is 1.33. The van der Waals surface area contributed by atoms with Gasteiger partial charge in [-0.3, -0.25) is 0 Å². The molecule has 0 amide bonds. The van der Waals surface area contributed by atoms with Gasteiger partial charge in [-0.2, -0.15) is 5.10 Å². The van der Waals surface area contributed by atoms with E-state index in [1.165, 1.54) is 0 Å². The highest BCUT2D eigenvalue weighted by atomic mass is 35.5. The summed E-state index contributed by atoms with van der Waals surface area (Å²) in [6.45, 7) is 1.95. The van der Waals surface area contributed by atoms with Crippen molar-refractivity contribution in [2.24, 2.45) is 10.2 Å². The Balaban J connectivity index is 2.22. The molecule has 1 aliphatic rings. The van der Waals surface area contributed by atoms with Crippen molar-refractivity contribution >= 4 is 28.7 Å². The van der Waals surface area contributed by atoms with Gasteiger partial charge >= 0.3 is 0 Å². The number of hydrogen-bond acceptors (Lipinski definition) is 5. The second kappa shape index (κ2) is 6.53. The lowest BCUT2D eigenvalue weighted by Crippen LogP contribution is -2.08. The van der Waals surface area contributed by atoms with Gasteiger partial charge in [-0.1, -0.05) is 17.7 Å². The van der Waals surface area contributed by atoms with Gasteiger partial charge in [0.25, 0.3) is 0 Å². The number of benzene rings is 2. The van der Waals surface area contributed by atoms with Gasteiger partial charge < -0.3 is 15.2 Å². The number of nitrogens with two attached hydrogens (primary N) is 1. The van der Waals surface area contributed by atoms with Crippen molar-refractivity contribution in [3.8, 4) is 11.5 Å². The number of fused-ring (bicyclic) bond motifs is 1. The molecule has 0 bridgehead atoms. The maximum Gasteiger partial charge on any atom is 0.161 e. The average molecular weight is 344 g/mol. The summed E-state index contributed by atoms with van der Waals surface area (Å²) in [6, 6.07) is 9.34. The van der Waals surface area contributed by atoms with Crippen LogP contribution < -0.4 is 15.2 Å². The SMILES string of the molecule is COc1cc2c(cc1OC)C(c1ccc(Cl)c(N)c1)=NN=C(C)C2. The fourth-order valence-electron chi connectivity index (χ4n) is 2.69. The van der Waals surface area contributed by atoms with Crippen molar-refractivity contribution in [1.82, 2.24) is 0 Å². The van der Waals surface area contributed by atoms with Crippen molar-refractivity contribution in [3.05, 3.63) is 52.0 Å². The second-order valence-electron chi connectivity index (χ2n) is 5.56. The fourth-order valence-corrected chi connectivity index (χ4v) is 2.81. The van der Waals surface area contributed by atoms with E-state index >= 15 is 0 Å². The Morgan fingerprint density at radius 2 is 1.75 bits per heavy atom. The number of hydrogen-bond donors (Lipinski definition) is 1. The summed E-state index contributed by atoms with van der Waals surface area (Å²) >= 11 is 6.03. The minimum atomic E-state index is 0.504. The zero-order valence-corrected chi connectivity index (χ0v) is 14.5. The lowest BCUT2D eigenvalue weighted by Gasteiger charge is -2.15. The third-order valence-corrected chi connectivity index (χ3v) is 4.25. The number of rotatable bonds is 3. The molecule has 0 aromatic heterocycles. The molecule has 6 heteroatoms. The maximum absolute atomic E-state index is 6.03. The first-order valence-corrected chi connectivity index (χ1v) is 7.83. The van der Waals surface area contributed by atoms with Gasteiger partial charge in [0.1, 0.15) is 5.71 Å². The minimum absolute atomic E-state index is 0.504. The van der Waals surface area contributed by atoms with Crippen LogP contribution in [0.3, 0.4) is 0 Å². The smallest absolute Gasteiger partial charge is 0.161 e. The van der Waals surface area contributed by atoms with E-state index in [9.17, 15) is 0 Å². The molecule has 1 aliphatic heterocycles. The van der Waals surface area contributed by atoms with Gasteiger partial charge in [0, 0.05) is 23.3 Å². The molecule has 0 spiro atoms. The Kier molecular flexibility index (Phi) is 4.44. The Labute approximate surface area is 145 Å². The minimum Gasteiger partial charge on any atom is -0.493 e. The zero-order chi connectivity index (χ0) is 17.3. The molecule has 5 nitrogen and oxygen atoms in total. The first-order chi connectivity index (χ1) is 11.5. The van der Waals surface area contributed by atoms with Crippen molar-refractivity contribution in [2.45, 2.75) is 13.3 Å². The van der Waals surface area contributed by atoms with Crippen LogP contribution in [0.1, 0.15) is 23.6 Å². The second-order valence-corrected chi connectivity index (χ2v) is 5.97. The summed E-state index contributed by atoms with van der Waals surface area (Å²) in [7, 11) is 3.23. The van der Waals surface area contributed by atoms with Crippen LogP contribution in [0.4, 0.5) is 5.69 Å². The van der Waals surface area contributed by atoms with Crippen LogP contribution in [0.15, 0.2) is 40.5 Å². The molecule has 2 aromatic rings. The van der Waals surface area contributed by atoms with Gasteiger partial charge in [-0.25, -0.2) is 0 Å². The van der Waals surface area contributed by atoms with Crippen LogP contribution in [0.25, 0.3) is 0 Å². The molecule has 0 atom stereocenters. The van der Waals surface area contributed by atoms with Gasteiger partial charge in [-0.15, -0.1) is 5.10 Å². The Bertz CT molecular complexity index is 860. The fraction of sp³-hybridized carbons (Fsp3) is 0.222. The molecular weight excluding hydrogens is 326 g/mol. The van der Waals surface area contributed by atoms with Crippen LogP contribution >= 0.6 is 11.6 Å². The van der Waals surface area contributed by atoms with E-state index in [0.29, 0.717) is 28.6 Å². The van der Waals surface area contributed by atoms with Crippen LogP contribution in [0, 0.1) is 0 Å². The molecule has 0 fully saturated rings. The summed E-state index contributed by atoms with van der Waals surface area (Å²) in [5.41, 5.74) is 11.0. The van der Waals surface area contributed by atoms with Crippen molar-refractivity contribution in [2.75, 3.05) is 20.0 Å². The number of methoxy groups -OCH3 is 2. The number of ether oxygens (including phenoxy) is 2. The van der Waals surface area contributed by atoms with Gasteiger partial charge in [0.2, 0.25) is 0 Å². The van der Waals surface area contributed by atoms with Gasteiger partial charge in [0.15, 0.2) is 11.5 Å². The molecule has 0 saturated carbocycles. The Morgan fingerprint density at radius 3 is 2.42 bits per heavy atom. The van der Waals surface area contributed by atoms with Gasteiger partial charge in [-0.05, 0) is 36.8 Å². The van der Waals surface area contributed by atoms with Gasteiger partial charge in [0.05, 0.1) is 24.9 Å². The van der Waals surface area contributed by atoms with Crippen LogP contribution in [0.2, 0.25) is 5.02 Å². The van der Waals surface area contributed by atoms with E-state index < -0.39 is 0 Å². The summed E-state index contributed by atoms with van der Waals surface area (Å²) in [5, 5.41) is 9.25. The van der Waals surface area contributed by atoms with E-state index in [2.05, 4.69) is 10.2 Å². The molecule has 0 saturated heterocycles. The molecule has 0 radical (unpaired) electrons. The molecule has 1 heterocycles. The number of halogens is 1. The Morgan fingerprint density at radius 1 is 1.04 bits per heavy atom. The standard InChI is InChI=1S/C18H18ClN3O2/c1-10-6-12-8-16(23-2)17(24-3)9-13(12)18(22-21-10)11-4-5-14(19)15(20)7-11/h4-5,7-9H,6,20H2,1-3H3. The lowest BCUT2D eigenvalue weighted by atomic mass is 9.94. The normalized spacial score (nSPS) is 13.5. The molecule has 0 aliphatic carbocycles. The number of nitrogens with zero attached hydrogens (tertiary/aromatic N) is 2. The third kappa shape index (κ3) is 2.95. The number of nitrogen functional groups attached to an aromatic ring is 1. The predicted molar refractivity (Wildman–Crippen MR) is 97.9 cm³/mol. The van der Waals surface area contributed by atoms with Crippen molar-refractivity contribution < 1.29 is 9.47 Å². The molecule has 124 valence electrons. The largest absolute Gasteiger partial charge is 0.493 e. The highest BCUT2D eigenvalue weighted by Gasteiger charge is 2.20. The maximum atomic E-state index is 6.03. The van der Waals surface area contributed by atoms with E-state index in [-0.39, 0.29) is 0 Å². The van der Waals surface area contributed by atoms with Crippen LogP contribution in [-0.4, -0.2) is 25.6 Å². The van der Waals surface area contributed by atoms with Crippen LogP contribution in [0.5, 0.6) is 11.5 Å². The van der Waals surface area contributed by atoms with E-state index in [1.807, 2.05) is 25.1 Å². The number of anilines is 1. The van der Waals surface area contributed by atoms with Crippen molar-refractivity contribution in [3.63, 3.8) is 0 Å². The quantitative estimate of drug-likeness (QED) is 0.864. The topological polar surface area (TPSA) is 69.2 Å². The highest BCUT2D eigenvalue weighted by Crippen LogP contribution is 2.34. The predicted octanol–water partition coefficient (Wildman–Crippen LogP) is 3.71. The highest BCUT2D eigenvalue weighted by molar-refractivity contribution is 6.33. The van der Waals surface area contributed by atoms with E-state index in [0.717, 1.165) is 28.1 Å². The molecule has 3 rings (SSSR count). The van der Waals surface area contributed by atoms with E-state index in [4.69, 9.17) is 26.8 Å². The van der Waals surface area contributed by atoms with Crippen LogP contribution in [-0.2, 0) is 6.42 Å². The summed E-state index contributed by atoms with van der Waals surface area (Å²) < 4.78 is 10.8. The zero-order valence-electron chi connectivity index (χ0n) is 13.8. The average Bonchev–Trinajstić information content (AvgIpc) is 2.74. The monoisotopic (exact) mass is 343 g/mol. The third-order valence-electron chi connectivity index (χ3n) is 3.90. The Hall–Kier alpha value is -2.53. The van der Waals surface area contributed by atoms with E-state index in [1.54, 1.807) is 26.4 Å². The summed E-state index contributed by atoms with van der Waals surface area (Å²) in [4.78, 5) is 0. The van der Waals surface area contributed by atoms with Crippen molar-refractivity contribution in [1.29, 1.82) is 0 Å². The molecule has 2 aromatic carbocycles. The molecular formula is C18H18ClN3O2. The molecule has 0 unspecified atom stereocenters. The first kappa shape index (κ1) is 16.3. The first-order valence-electron chi connectivity index (χ1n) is 7.45. The molecule has 2 N–H and O–H groups in total. The summed E-state index contributed by atoms with van der Waals surface area (Å²) in [6.07, 6.45) is 0.686.